The fraction of sp³-hybridized carbons (Fsp3) is 0.357. The van der Waals surface area contributed by atoms with Crippen molar-refractivity contribution in [1.29, 1.82) is 0 Å². The standard InChI is InChI=1S/C28H32N4O3/c1-34-26-18-22-20-29-32(28(33)24(22)19-27(26)35-2)13-6-5-12-30-14-16-31(17-15-30)25-11-7-9-21-8-3-4-10-23(21)25/h3-4,7-11,18-20H,5-6,12-17H2,1-2H3. The van der Waals surface area contributed by atoms with Crippen LogP contribution in [-0.2, 0) is 6.54 Å². The second kappa shape index (κ2) is 10.4. The highest BCUT2D eigenvalue weighted by molar-refractivity contribution is 5.94. The number of hydrogen-bond donors (Lipinski definition) is 0. The Balaban J connectivity index is 1.14. The molecule has 0 atom stereocenters. The molecule has 5 rings (SSSR count). The van der Waals surface area contributed by atoms with Crippen LogP contribution in [0.5, 0.6) is 11.5 Å². The largest absolute Gasteiger partial charge is 0.493 e. The Morgan fingerprint density at radius 3 is 2.31 bits per heavy atom. The summed E-state index contributed by atoms with van der Waals surface area (Å²) in [5, 5.41) is 8.35. The molecule has 182 valence electrons. The first-order valence-corrected chi connectivity index (χ1v) is 12.2. The molecular formula is C28H32N4O3. The fourth-order valence-corrected chi connectivity index (χ4v) is 4.96. The van der Waals surface area contributed by atoms with Crippen molar-refractivity contribution in [3.05, 3.63) is 71.1 Å². The number of fused-ring (bicyclic) bond motifs is 2. The molecule has 7 heteroatoms. The maximum atomic E-state index is 12.9. The van der Waals surface area contributed by atoms with Crippen LogP contribution in [0.25, 0.3) is 21.5 Å². The van der Waals surface area contributed by atoms with E-state index in [1.54, 1.807) is 37.2 Å². The number of benzene rings is 3. The Morgan fingerprint density at radius 2 is 1.51 bits per heavy atom. The molecule has 0 amide bonds. The second-order valence-corrected chi connectivity index (χ2v) is 9.00. The van der Waals surface area contributed by atoms with E-state index in [2.05, 4.69) is 57.4 Å². The van der Waals surface area contributed by atoms with Gasteiger partial charge in [0.05, 0.1) is 25.8 Å². The molecule has 0 saturated carbocycles. The molecule has 1 aliphatic heterocycles. The summed E-state index contributed by atoms with van der Waals surface area (Å²) in [6.07, 6.45) is 3.67. The lowest BCUT2D eigenvalue weighted by molar-refractivity contribution is 0.250. The van der Waals surface area contributed by atoms with Crippen LogP contribution < -0.4 is 19.9 Å². The van der Waals surface area contributed by atoms with Gasteiger partial charge in [0.15, 0.2) is 11.5 Å². The average Bonchev–Trinajstić information content (AvgIpc) is 2.91. The second-order valence-electron chi connectivity index (χ2n) is 9.00. The average molecular weight is 473 g/mol. The van der Waals surface area contributed by atoms with E-state index in [0.717, 1.165) is 51.0 Å². The van der Waals surface area contributed by atoms with Crippen molar-refractivity contribution in [3.63, 3.8) is 0 Å². The van der Waals surface area contributed by atoms with Gasteiger partial charge in [0.1, 0.15) is 0 Å². The van der Waals surface area contributed by atoms with Gasteiger partial charge in [-0.15, -0.1) is 0 Å². The SMILES string of the molecule is COc1cc2cnn(CCCCN3CCN(c4cccc5ccccc45)CC3)c(=O)c2cc1OC. The zero-order valence-corrected chi connectivity index (χ0v) is 20.4. The maximum Gasteiger partial charge on any atom is 0.274 e. The zero-order valence-electron chi connectivity index (χ0n) is 20.4. The predicted molar refractivity (Wildman–Crippen MR) is 141 cm³/mol. The van der Waals surface area contributed by atoms with Gasteiger partial charge in [-0.05, 0) is 43.0 Å². The van der Waals surface area contributed by atoms with Crippen LogP contribution in [0.4, 0.5) is 5.69 Å². The van der Waals surface area contributed by atoms with Crippen molar-refractivity contribution in [2.45, 2.75) is 19.4 Å². The van der Waals surface area contributed by atoms with Gasteiger partial charge in [0.25, 0.3) is 5.56 Å². The fourth-order valence-electron chi connectivity index (χ4n) is 4.96. The number of unbranched alkanes of at least 4 members (excludes halogenated alkanes) is 1. The van der Waals surface area contributed by atoms with Gasteiger partial charge in [-0.1, -0.05) is 36.4 Å². The Bertz CT molecular complexity index is 1370. The van der Waals surface area contributed by atoms with Crippen LogP contribution >= 0.6 is 0 Å². The highest BCUT2D eigenvalue weighted by Gasteiger charge is 2.18. The van der Waals surface area contributed by atoms with Crippen molar-refractivity contribution in [2.24, 2.45) is 0 Å². The maximum absolute atomic E-state index is 12.9. The molecule has 35 heavy (non-hydrogen) atoms. The third-order valence-electron chi connectivity index (χ3n) is 6.93. The Kier molecular flexibility index (Phi) is 6.86. The molecule has 1 fully saturated rings. The first kappa shape index (κ1) is 23.2. The molecule has 0 bridgehead atoms. The number of hydrogen-bond acceptors (Lipinski definition) is 6. The molecule has 0 radical (unpaired) electrons. The minimum absolute atomic E-state index is 0.0906. The number of piperazine rings is 1. The van der Waals surface area contributed by atoms with E-state index in [-0.39, 0.29) is 5.56 Å². The van der Waals surface area contributed by atoms with Gasteiger partial charge in [0, 0.05) is 49.2 Å². The Labute approximate surface area is 205 Å². The minimum Gasteiger partial charge on any atom is -0.493 e. The van der Waals surface area contributed by atoms with E-state index in [4.69, 9.17) is 9.47 Å². The van der Waals surface area contributed by atoms with Crippen LogP contribution in [0.15, 0.2) is 65.6 Å². The van der Waals surface area contributed by atoms with E-state index < -0.39 is 0 Å². The first-order chi connectivity index (χ1) is 17.2. The van der Waals surface area contributed by atoms with E-state index in [0.29, 0.717) is 23.4 Å². The van der Waals surface area contributed by atoms with E-state index in [1.165, 1.54) is 16.5 Å². The molecule has 0 N–H and O–H groups in total. The topological polar surface area (TPSA) is 59.8 Å². The highest BCUT2D eigenvalue weighted by atomic mass is 16.5. The van der Waals surface area contributed by atoms with Gasteiger partial charge in [0.2, 0.25) is 0 Å². The molecule has 1 aliphatic rings. The van der Waals surface area contributed by atoms with Crippen molar-refractivity contribution in [3.8, 4) is 11.5 Å². The van der Waals surface area contributed by atoms with Crippen molar-refractivity contribution in [2.75, 3.05) is 51.8 Å². The zero-order chi connectivity index (χ0) is 24.2. The van der Waals surface area contributed by atoms with E-state index in [9.17, 15) is 4.79 Å². The van der Waals surface area contributed by atoms with Gasteiger partial charge in [-0.2, -0.15) is 5.10 Å². The van der Waals surface area contributed by atoms with E-state index in [1.807, 2.05) is 0 Å². The van der Waals surface area contributed by atoms with Gasteiger partial charge < -0.3 is 14.4 Å². The smallest absolute Gasteiger partial charge is 0.274 e. The normalized spacial score (nSPS) is 14.5. The predicted octanol–water partition coefficient (Wildman–Crippen LogP) is 4.17. The molecule has 0 spiro atoms. The van der Waals surface area contributed by atoms with Crippen LogP contribution in [0.1, 0.15) is 12.8 Å². The lowest BCUT2D eigenvalue weighted by atomic mass is 10.1. The molecule has 0 aliphatic carbocycles. The summed E-state index contributed by atoms with van der Waals surface area (Å²) < 4.78 is 12.3. The number of aryl methyl sites for hydroxylation is 1. The molecule has 2 heterocycles. The Hall–Kier alpha value is -3.58. The molecule has 4 aromatic rings. The molecule has 7 nitrogen and oxygen atoms in total. The summed E-state index contributed by atoms with van der Waals surface area (Å²) >= 11 is 0. The molecular weight excluding hydrogens is 440 g/mol. The summed E-state index contributed by atoms with van der Waals surface area (Å²) in [6, 6.07) is 18.7. The quantitative estimate of drug-likeness (QED) is 0.359. The van der Waals surface area contributed by atoms with Crippen LogP contribution in [0.3, 0.4) is 0 Å². The summed E-state index contributed by atoms with van der Waals surface area (Å²) in [4.78, 5) is 18.0. The third kappa shape index (κ3) is 4.82. The van der Waals surface area contributed by atoms with Gasteiger partial charge in [-0.3, -0.25) is 9.69 Å². The number of ether oxygens (including phenoxy) is 2. The monoisotopic (exact) mass is 472 g/mol. The van der Waals surface area contributed by atoms with Crippen LogP contribution in [-0.4, -0.2) is 61.6 Å². The van der Waals surface area contributed by atoms with Crippen LogP contribution in [0.2, 0.25) is 0 Å². The third-order valence-corrected chi connectivity index (χ3v) is 6.93. The molecule has 1 saturated heterocycles. The van der Waals surface area contributed by atoms with Crippen molar-refractivity contribution in [1.82, 2.24) is 14.7 Å². The number of methoxy groups -OCH3 is 2. The van der Waals surface area contributed by atoms with Crippen LogP contribution in [0, 0.1) is 0 Å². The van der Waals surface area contributed by atoms with E-state index >= 15 is 0 Å². The molecule has 3 aromatic carbocycles. The Morgan fingerprint density at radius 1 is 0.800 bits per heavy atom. The molecule has 1 aromatic heterocycles. The highest BCUT2D eigenvalue weighted by Crippen LogP contribution is 2.30. The molecule has 0 unspecified atom stereocenters. The minimum atomic E-state index is -0.0906. The summed E-state index contributed by atoms with van der Waals surface area (Å²) in [6.45, 7) is 5.82. The summed E-state index contributed by atoms with van der Waals surface area (Å²) in [5.74, 6) is 1.15. The summed E-state index contributed by atoms with van der Waals surface area (Å²) in [7, 11) is 3.16. The van der Waals surface area contributed by atoms with Gasteiger partial charge >= 0.3 is 0 Å². The number of nitrogens with zero attached hydrogens (tertiary/aromatic N) is 4. The lowest BCUT2D eigenvalue weighted by Gasteiger charge is -2.36. The van der Waals surface area contributed by atoms with Crippen molar-refractivity contribution < 1.29 is 9.47 Å². The number of anilines is 1. The lowest BCUT2D eigenvalue weighted by Crippen LogP contribution is -2.46. The van der Waals surface area contributed by atoms with Gasteiger partial charge in [-0.25, -0.2) is 4.68 Å². The number of aromatic nitrogens is 2. The number of rotatable bonds is 8. The summed E-state index contributed by atoms with van der Waals surface area (Å²) in [5.41, 5.74) is 1.24. The van der Waals surface area contributed by atoms with Crippen molar-refractivity contribution >= 4 is 27.2 Å². The first-order valence-electron chi connectivity index (χ1n) is 12.2.